The fourth-order valence-electron chi connectivity index (χ4n) is 3.22. The number of rotatable bonds is 13. The van der Waals surface area contributed by atoms with Gasteiger partial charge in [0.25, 0.3) is 0 Å². The van der Waals surface area contributed by atoms with Gasteiger partial charge in [-0.3, -0.25) is 14.4 Å². The van der Waals surface area contributed by atoms with E-state index in [0.717, 1.165) is 5.56 Å². The topological polar surface area (TPSA) is 151 Å². The lowest BCUT2D eigenvalue weighted by Gasteiger charge is -2.27. The first kappa shape index (κ1) is 27.1. The third-order valence-corrected chi connectivity index (χ3v) is 5.23. The van der Waals surface area contributed by atoms with Crippen molar-refractivity contribution in [2.45, 2.75) is 65.1 Å². The van der Waals surface area contributed by atoms with Gasteiger partial charge in [0.2, 0.25) is 17.7 Å². The van der Waals surface area contributed by atoms with Gasteiger partial charge in [-0.25, -0.2) is 4.79 Å². The molecule has 0 saturated carbocycles. The molecule has 0 aliphatic rings. The summed E-state index contributed by atoms with van der Waals surface area (Å²) in [6, 6.07) is 6.15. The summed E-state index contributed by atoms with van der Waals surface area (Å²) in [7, 11) is 0. The van der Waals surface area contributed by atoms with Gasteiger partial charge in [-0.2, -0.15) is 0 Å². The maximum absolute atomic E-state index is 13.0. The average Bonchev–Trinajstić information content (AvgIpc) is 2.75. The van der Waals surface area contributed by atoms with Crippen LogP contribution in [0.4, 0.5) is 0 Å². The maximum atomic E-state index is 13.0. The second-order valence-electron chi connectivity index (χ2n) is 8.41. The van der Waals surface area contributed by atoms with Crippen LogP contribution in [-0.2, 0) is 25.6 Å². The standard InChI is InChI=1S/C23H36N4O5/c1-5-15(4)20(27-19(28)13-24)22(30)25-17(12-16-9-7-6-8-10-16)21(29)26-18(23(31)32)11-14(2)3/h6-10,14-15,17-18,20H,5,11-13,24H2,1-4H3,(H,25,30)(H,26,29)(H,27,28)(H,31,32). The number of carbonyl (C=O) groups is 4. The molecule has 0 fully saturated rings. The monoisotopic (exact) mass is 448 g/mol. The van der Waals surface area contributed by atoms with Gasteiger partial charge in [0.05, 0.1) is 6.54 Å². The largest absolute Gasteiger partial charge is 0.480 e. The molecule has 4 unspecified atom stereocenters. The molecule has 0 spiro atoms. The highest BCUT2D eigenvalue weighted by molar-refractivity contribution is 5.93. The van der Waals surface area contributed by atoms with Crippen molar-refractivity contribution in [1.82, 2.24) is 16.0 Å². The Kier molecular flexibility index (Phi) is 11.4. The van der Waals surface area contributed by atoms with Crippen LogP contribution in [0.2, 0.25) is 0 Å². The number of hydrogen-bond donors (Lipinski definition) is 5. The highest BCUT2D eigenvalue weighted by Crippen LogP contribution is 2.11. The Balaban J connectivity index is 3.10. The van der Waals surface area contributed by atoms with E-state index in [1.165, 1.54) is 0 Å². The first-order valence-electron chi connectivity index (χ1n) is 11.0. The number of benzene rings is 1. The summed E-state index contributed by atoms with van der Waals surface area (Å²) in [6.07, 6.45) is 1.05. The molecule has 0 aliphatic heterocycles. The number of nitrogens with one attached hydrogen (secondary N) is 3. The third-order valence-electron chi connectivity index (χ3n) is 5.23. The van der Waals surface area contributed by atoms with Crippen molar-refractivity contribution in [3.8, 4) is 0 Å². The smallest absolute Gasteiger partial charge is 0.326 e. The van der Waals surface area contributed by atoms with Crippen LogP contribution >= 0.6 is 0 Å². The minimum absolute atomic E-state index is 0.0554. The minimum Gasteiger partial charge on any atom is -0.480 e. The molecule has 0 heterocycles. The summed E-state index contributed by atoms with van der Waals surface area (Å²) in [4.78, 5) is 49.5. The van der Waals surface area contributed by atoms with E-state index in [0.29, 0.717) is 6.42 Å². The lowest BCUT2D eigenvalue weighted by molar-refractivity contribution is -0.142. The van der Waals surface area contributed by atoms with Crippen molar-refractivity contribution in [3.05, 3.63) is 35.9 Å². The van der Waals surface area contributed by atoms with Gasteiger partial charge >= 0.3 is 5.97 Å². The van der Waals surface area contributed by atoms with E-state index in [4.69, 9.17) is 5.73 Å². The number of carbonyl (C=O) groups excluding carboxylic acids is 3. The zero-order valence-corrected chi connectivity index (χ0v) is 19.3. The molecule has 0 aliphatic carbocycles. The molecule has 0 aromatic heterocycles. The second kappa shape index (κ2) is 13.5. The number of carboxylic acid groups (broad SMARTS) is 1. The van der Waals surface area contributed by atoms with E-state index < -0.39 is 41.8 Å². The Bertz CT molecular complexity index is 769. The number of carboxylic acids is 1. The summed E-state index contributed by atoms with van der Waals surface area (Å²) >= 11 is 0. The van der Waals surface area contributed by atoms with Crippen molar-refractivity contribution in [2.75, 3.05) is 6.54 Å². The number of hydrogen-bond acceptors (Lipinski definition) is 5. The first-order chi connectivity index (χ1) is 15.1. The Morgan fingerprint density at radius 2 is 1.53 bits per heavy atom. The molecule has 0 bridgehead atoms. The molecular weight excluding hydrogens is 412 g/mol. The molecule has 0 radical (unpaired) electrons. The lowest BCUT2D eigenvalue weighted by atomic mass is 9.97. The van der Waals surface area contributed by atoms with Gasteiger partial charge in [0.1, 0.15) is 18.1 Å². The van der Waals surface area contributed by atoms with Gasteiger partial charge in [0.15, 0.2) is 0 Å². The van der Waals surface area contributed by atoms with Gasteiger partial charge in [-0.15, -0.1) is 0 Å². The molecule has 9 heteroatoms. The van der Waals surface area contributed by atoms with Crippen LogP contribution in [0, 0.1) is 11.8 Å². The van der Waals surface area contributed by atoms with Gasteiger partial charge < -0.3 is 26.8 Å². The van der Waals surface area contributed by atoms with Crippen LogP contribution in [-0.4, -0.2) is 53.5 Å². The van der Waals surface area contributed by atoms with Crippen LogP contribution in [0.25, 0.3) is 0 Å². The zero-order valence-electron chi connectivity index (χ0n) is 19.3. The normalized spacial score (nSPS) is 14.7. The van der Waals surface area contributed by atoms with E-state index >= 15 is 0 Å². The van der Waals surface area contributed by atoms with Crippen molar-refractivity contribution in [3.63, 3.8) is 0 Å². The van der Waals surface area contributed by atoms with Crippen LogP contribution in [0.3, 0.4) is 0 Å². The van der Waals surface area contributed by atoms with Crippen molar-refractivity contribution in [1.29, 1.82) is 0 Å². The summed E-state index contributed by atoms with van der Waals surface area (Å²) in [5, 5.41) is 17.3. The molecule has 0 saturated heterocycles. The highest BCUT2D eigenvalue weighted by Gasteiger charge is 2.31. The SMILES string of the molecule is CCC(C)C(NC(=O)CN)C(=O)NC(Cc1ccccc1)C(=O)NC(CC(C)C)C(=O)O. The maximum Gasteiger partial charge on any atom is 0.326 e. The van der Waals surface area contributed by atoms with E-state index in [2.05, 4.69) is 16.0 Å². The predicted molar refractivity (Wildman–Crippen MR) is 122 cm³/mol. The Labute approximate surface area is 189 Å². The van der Waals surface area contributed by atoms with Gasteiger partial charge in [-0.05, 0) is 23.8 Å². The summed E-state index contributed by atoms with van der Waals surface area (Å²) in [5.41, 5.74) is 6.17. The number of amides is 3. The van der Waals surface area contributed by atoms with Crippen LogP contribution < -0.4 is 21.7 Å². The van der Waals surface area contributed by atoms with Gasteiger partial charge in [-0.1, -0.05) is 64.4 Å². The van der Waals surface area contributed by atoms with Crippen molar-refractivity contribution in [2.24, 2.45) is 17.6 Å². The molecule has 1 rings (SSSR count). The van der Waals surface area contributed by atoms with E-state index in [-0.39, 0.29) is 31.2 Å². The van der Waals surface area contributed by atoms with Crippen molar-refractivity contribution >= 4 is 23.7 Å². The van der Waals surface area contributed by atoms with E-state index in [9.17, 15) is 24.3 Å². The second-order valence-corrected chi connectivity index (χ2v) is 8.41. The minimum atomic E-state index is -1.13. The van der Waals surface area contributed by atoms with Gasteiger partial charge in [0, 0.05) is 6.42 Å². The molecule has 1 aromatic rings. The van der Waals surface area contributed by atoms with E-state index in [1.807, 2.05) is 58.0 Å². The molecule has 9 nitrogen and oxygen atoms in total. The fraction of sp³-hybridized carbons (Fsp3) is 0.565. The molecular formula is C23H36N4O5. The molecule has 32 heavy (non-hydrogen) atoms. The zero-order chi connectivity index (χ0) is 24.3. The van der Waals surface area contributed by atoms with Crippen LogP contribution in [0.1, 0.15) is 46.1 Å². The predicted octanol–water partition coefficient (Wildman–Crippen LogP) is 0.819. The molecule has 6 N–H and O–H groups in total. The van der Waals surface area contributed by atoms with Crippen molar-refractivity contribution < 1.29 is 24.3 Å². The molecule has 3 amide bonds. The first-order valence-corrected chi connectivity index (χ1v) is 11.0. The van der Waals surface area contributed by atoms with Crippen LogP contribution in [0.5, 0.6) is 0 Å². The highest BCUT2D eigenvalue weighted by atomic mass is 16.4. The van der Waals surface area contributed by atoms with Crippen LogP contribution in [0.15, 0.2) is 30.3 Å². The lowest BCUT2D eigenvalue weighted by Crippen LogP contribution is -2.58. The summed E-state index contributed by atoms with van der Waals surface area (Å²) in [6.45, 7) is 7.17. The Morgan fingerprint density at radius 3 is 2.03 bits per heavy atom. The molecule has 4 atom stereocenters. The number of nitrogens with two attached hydrogens (primary N) is 1. The quantitative estimate of drug-likeness (QED) is 0.301. The molecule has 1 aromatic carbocycles. The number of aliphatic carboxylic acids is 1. The van der Waals surface area contributed by atoms with E-state index in [1.54, 1.807) is 0 Å². The fourth-order valence-corrected chi connectivity index (χ4v) is 3.22. The third kappa shape index (κ3) is 9.05. The summed E-state index contributed by atoms with van der Waals surface area (Å²) < 4.78 is 0. The molecule has 178 valence electrons. The Morgan fingerprint density at radius 1 is 0.938 bits per heavy atom. The Hall–Kier alpha value is -2.94. The average molecular weight is 449 g/mol. The summed E-state index contributed by atoms with van der Waals surface area (Å²) in [5.74, 6) is -2.86.